The predicted molar refractivity (Wildman–Crippen MR) is 112 cm³/mol. The van der Waals surface area contributed by atoms with Gasteiger partial charge in [-0.2, -0.15) is 0 Å². The molecule has 3 N–H and O–H groups in total. The van der Waals surface area contributed by atoms with Gasteiger partial charge >= 0.3 is 5.97 Å². The molecule has 0 saturated carbocycles. The van der Waals surface area contributed by atoms with E-state index in [2.05, 4.69) is 0 Å². The number of carboxylic acids is 1. The summed E-state index contributed by atoms with van der Waals surface area (Å²) in [6.45, 7) is 2.10. The van der Waals surface area contributed by atoms with E-state index in [1.807, 2.05) is 30.3 Å². The smallest absolute Gasteiger partial charge is 0.306 e. The Bertz CT molecular complexity index is 989. The van der Waals surface area contributed by atoms with Crippen LogP contribution in [0.15, 0.2) is 72.8 Å². The minimum atomic E-state index is -1.03. The van der Waals surface area contributed by atoms with E-state index in [0.717, 1.165) is 12.1 Å². The third kappa shape index (κ3) is 6.60. The Hall–Kier alpha value is -3.38. The molecule has 0 amide bonds. The zero-order valence-electron chi connectivity index (χ0n) is 16.5. The van der Waals surface area contributed by atoms with Gasteiger partial charge in [-0.1, -0.05) is 61.5 Å². The van der Waals surface area contributed by atoms with Gasteiger partial charge in [-0.15, -0.1) is 0 Å². The molecule has 0 aliphatic carbocycles. The first-order chi connectivity index (χ1) is 14.3. The Morgan fingerprint density at radius 3 is 2.10 bits per heavy atom. The van der Waals surface area contributed by atoms with Crippen LogP contribution in [0.5, 0.6) is 0 Å². The zero-order valence-corrected chi connectivity index (χ0v) is 16.5. The molecule has 0 aromatic heterocycles. The Morgan fingerprint density at radius 1 is 0.967 bits per heavy atom. The molecule has 30 heavy (non-hydrogen) atoms. The Balaban J connectivity index is 0.000000335. The number of benzene rings is 3. The number of carbonyl (C=O) groups is 2. The summed E-state index contributed by atoms with van der Waals surface area (Å²) in [5, 5.41) is 8.80. The first-order valence-electron chi connectivity index (χ1n) is 9.37. The van der Waals surface area contributed by atoms with Gasteiger partial charge in [0.2, 0.25) is 0 Å². The molecule has 4 nitrogen and oxygen atoms in total. The second kappa shape index (κ2) is 11.0. The molecule has 3 rings (SSSR count). The van der Waals surface area contributed by atoms with E-state index in [1.165, 1.54) is 30.7 Å². The third-order valence-corrected chi connectivity index (χ3v) is 4.44. The van der Waals surface area contributed by atoms with Crippen molar-refractivity contribution < 1.29 is 23.5 Å². The molecule has 0 bridgehead atoms. The van der Waals surface area contributed by atoms with Crippen molar-refractivity contribution in [2.75, 3.05) is 0 Å². The topological polar surface area (TPSA) is 80.4 Å². The van der Waals surface area contributed by atoms with E-state index in [-0.39, 0.29) is 17.8 Å². The van der Waals surface area contributed by atoms with Crippen molar-refractivity contribution >= 4 is 11.8 Å². The lowest BCUT2D eigenvalue weighted by molar-refractivity contribution is -0.141. The highest BCUT2D eigenvalue weighted by Gasteiger charge is 2.17. The normalized spacial score (nSPS) is 11.2. The molecule has 0 aliphatic rings. The minimum Gasteiger partial charge on any atom is -0.481 e. The van der Waals surface area contributed by atoms with Gasteiger partial charge in [0.1, 0.15) is 11.6 Å². The number of hydrogen-bond acceptors (Lipinski definition) is 3. The Labute approximate surface area is 174 Å². The van der Waals surface area contributed by atoms with Crippen LogP contribution >= 0.6 is 0 Å². The van der Waals surface area contributed by atoms with Gasteiger partial charge in [0, 0.05) is 30.2 Å². The van der Waals surface area contributed by atoms with Crippen molar-refractivity contribution in [3.05, 3.63) is 95.6 Å². The molecule has 0 aliphatic heterocycles. The number of halogens is 2. The van der Waals surface area contributed by atoms with Crippen molar-refractivity contribution in [2.24, 2.45) is 11.7 Å². The maximum atomic E-state index is 13.7. The molecular weight excluding hydrogens is 388 g/mol. The number of ketones is 1. The second-order valence-corrected chi connectivity index (χ2v) is 6.76. The number of rotatable bonds is 6. The molecule has 0 saturated heterocycles. The lowest BCUT2D eigenvalue weighted by atomic mass is 9.97. The van der Waals surface area contributed by atoms with Crippen LogP contribution in [0.3, 0.4) is 0 Å². The number of carboxylic acid groups (broad SMARTS) is 1. The van der Waals surface area contributed by atoms with Crippen LogP contribution in [0, 0.1) is 17.6 Å². The average molecular weight is 411 g/mol. The van der Waals surface area contributed by atoms with Crippen molar-refractivity contribution in [3.8, 4) is 11.1 Å². The molecule has 1 atom stereocenters. The number of Topliss-reactive ketones (excluding diaryl/α,β-unsaturated/α-hetero) is 1. The first-order valence-corrected chi connectivity index (χ1v) is 9.37. The summed E-state index contributed by atoms with van der Waals surface area (Å²) in [5.74, 6) is -3.42. The largest absolute Gasteiger partial charge is 0.481 e. The van der Waals surface area contributed by atoms with Crippen molar-refractivity contribution in [1.82, 2.24) is 0 Å². The maximum Gasteiger partial charge on any atom is 0.306 e. The van der Waals surface area contributed by atoms with Crippen LogP contribution in [-0.4, -0.2) is 16.9 Å². The molecule has 0 radical (unpaired) electrons. The molecule has 6 heteroatoms. The molecule has 1 unspecified atom stereocenters. The lowest BCUT2D eigenvalue weighted by Gasteiger charge is -2.07. The number of nitrogens with two attached hydrogens (primary N) is 1. The van der Waals surface area contributed by atoms with Crippen LogP contribution in [-0.2, 0) is 11.3 Å². The van der Waals surface area contributed by atoms with E-state index in [4.69, 9.17) is 10.8 Å². The third-order valence-electron chi connectivity index (χ3n) is 4.44. The zero-order chi connectivity index (χ0) is 22.1. The fourth-order valence-electron chi connectivity index (χ4n) is 2.66. The minimum absolute atomic E-state index is 0.0976. The van der Waals surface area contributed by atoms with Gasteiger partial charge in [0.15, 0.2) is 5.78 Å². The van der Waals surface area contributed by atoms with Crippen LogP contribution in [0.25, 0.3) is 11.1 Å². The molecule has 3 aromatic carbocycles. The molecule has 0 heterocycles. The van der Waals surface area contributed by atoms with Gasteiger partial charge in [0.05, 0.1) is 5.92 Å². The van der Waals surface area contributed by atoms with Crippen molar-refractivity contribution in [2.45, 2.75) is 19.9 Å². The highest BCUT2D eigenvalue weighted by atomic mass is 19.1. The van der Waals surface area contributed by atoms with Gasteiger partial charge in [-0.3, -0.25) is 9.59 Å². The Kier molecular flexibility index (Phi) is 8.38. The van der Waals surface area contributed by atoms with Crippen LogP contribution < -0.4 is 5.73 Å². The Morgan fingerprint density at radius 2 is 1.60 bits per heavy atom. The fourth-order valence-corrected chi connectivity index (χ4v) is 2.66. The van der Waals surface area contributed by atoms with E-state index in [0.29, 0.717) is 17.7 Å². The fraction of sp³-hybridized carbons (Fsp3) is 0.167. The summed E-state index contributed by atoms with van der Waals surface area (Å²) >= 11 is 0. The van der Waals surface area contributed by atoms with E-state index >= 15 is 0 Å². The van der Waals surface area contributed by atoms with Crippen LogP contribution in [0.2, 0.25) is 0 Å². The number of hydrogen-bond donors (Lipinski definition) is 2. The lowest BCUT2D eigenvalue weighted by Crippen LogP contribution is -2.14. The summed E-state index contributed by atoms with van der Waals surface area (Å²) in [4.78, 5) is 22.7. The van der Waals surface area contributed by atoms with Gasteiger partial charge in [0.25, 0.3) is 0 Å². The van der Waals surface area contributed by atoms with Gasteiger partial charge < -0.3 is 10.8 Å². The van der Waals surface area contributed by atoms with Crippen LogP contribution in [0.4, 0.5) is 8.78 Å². The number of carbonyl (C=O) groups excluding carboxylic acids is 1. The number of aliphatic carboxylic acids is 1. The van der Waals surface area contributed by atoms with Gasteiger partial charge in [-0.25, -0.2) is 8.78 Å². The summed E-state index contributed by atoms with van der Waals surface area (Å²) < 4.78 is 26.6. The molecule has 3 aromatic rings. The molecular formula is C24H23F2NO3. The van der Waals surface area contributed by atoms with E-state index < -0.39 is 23.5 Å². The van der Waals surface area contributed by atoms with Crippen molar-refractivity contribution in [3.63, 3.8) is 0 Å². The quantitative estimate of drug-likeness (QED) is 0.555. The van der Waals surface area contributed by atoms with E-state index in [9.17, 15) is 18.4 Å². The van der Waals surface area contributed by atoms with Crippen molar-refractivity contribution in [1.29, 1.82) is 0 Å². The standard InChI is InChI=1S/C17H14F2O3.C7H9N/c1-10(17(21)22)8-16(20)12-4-2-11(3-5-12)14-7-6-13(18)9-15(14)19;8-6-7-4-2-1-3-5-7/h2-7,9-10H,8H2,1H3,(H,21,22);1-5H,6,8H2. The highest BCUT2D eigenvalue weighted by Crippen LogP contribution is 2.24. The second-order valence-electron chi connectivity index (χ2n) is 6.76. The maximum absolute atomic E-state index is 13.7. The average Bonchev–Trinajstić information content (AvgIpc) is 2.75. The highest BCUT2D eigenvalue weighted by molar-refractivity contribution is 5.98. The summed E-state index contributed by atoms with van der Waals surface area (Å²) in [5.41, 5.74) is 7.65. The van der Waals surface area contributed by atoms with E-state index in [1.54, 1.807) is 12.1 Å². The SMILES string of the molecule is CC(CC(=O)c1ccc(-c2ccc(F)cc2F)cc1)C(=O)O.NCc1ccccc1. The summed E-state index contributed by atoms with van der Waals surface area (Å²) in [7, 11) is 0. The predicted octanol–water partition coefficient (Wildman–Crippen LogP) is 5.07. The van der Waals surface area contributed by atoms with Gasteiger partial charge in [-0.05, 0) is 23.3 Å². The molecule has 0 fully saturated rings. The molecule has 0 spiro atoms. The summed E-state index contributed by atoms with van der Waals surface area (Å²) in [6, 6.07) is 19.4. The van der Waals surface area contributed by atoms with Crippen LogP contribution in [0.1, 0.15) is 29.3 Å². The first kappa shape index (κ1) is 22.9. The summed E-state index contributed by atoms with van der Waals surface area (Å²) in [6.07, 6.45) is -0.0976. The monoisotopic (exact) mass is 411 g/mol. The molecule has 156 valence electrons.